The van der Waals surface area contributed by atoms with Gasteiger partial charge in [-0.1, -0.05) is 17.7 Å². The maximum atomic E-state index is 12.1. The van der Waals surface area contributed by atoms with Gasteiger partial charge in [0.15, 0.2) is 0 Å². The lowest BCUT2D eigenvalue weighted by Crippen LogP contribution is -2.12. The van der Waals surface area contributed by atoms with Crippen LogP contribution in [0, 0.1) is 0 Å². The summed E-state index contributed by atoms with van der Waals surface area (Å²) in [5.74, 6) is 0.658. The molecule has 1 aromatic heterocycles. The van der Waals surface area contributed by atoms with Crippen molar-refractivity contribution in [2.75, 3.05) is 11.1 Å². The number of rotatable bonds is 6. The normalized spacial score (nSPS) is 10.5. The van der Waals surface area contributed by atoms with Gasteiger partial charge in [0.05, 0.1) is 5.69 Å². The first-order valence-electron chi connectivity index (χ1n) is 7.22. The number of hydrogen-bond acceptors (Lipinski definition) is 5. The second kappa shape index (κ2) is 7.94. The van der Waals surface area contributed by atoms with E-state index in [-0.39, 0.29) is 5.91 Å². The zero-order valence-electron chi connectivity index (χ0n) is 12.6. The molecule has 0 bridgehead atoms. The molecule has 1 amide bonds. The molecular weight excluding hydrogens is 346 g/mol. The van der Waals surface area contributed by atoms with E-state index in [1.807, 2.05) is 48.5 Å². The monoisotopic (exact) mass is 359 g/mol. The van der Waals surface area contributed by atoms with Crippen LogP contribution in [-0.2, 0) is 4.79 Å². The van der Waals surface area contributed by atoms with E-state index in [1.54, 1.807) is 11.8 Å². The molecule has 0 aliphatic rings. The first kappa shape index (κ1) is 16.5. The maximum absolute atomic E-state index is 12.1. The Balaban J connectivity index is 1.51. The quantitative estimate of drug-likeness (QED) is 0.682. The molecule has 0 atom stereocenters. The number of carbonyl (C=O) groups is 1. The summed E-state index contributed by atoms with van der Waals surface area (Å²) in [4.78, 5) is 13.2. The highest BCUT2D eigenvalue weighted by Gasteiger charge is 2.05. The summed E-state index contributed by atoms with van der Waals surface area (Å²) in [6, 6.07) is 14.9. The molecule has 1 N–H and O–H groups in total. The van der Waals surface area contributed by atoms with Gasteiger partial charge < -0.3 is 5.32 Å². The minimum atomic E-state index is -0.0367. The summed E-state index contributed by atoms with van der Waals surface area (Å²) >= 11 is 7.47. The van der Waals surface area contributed by atoms with Gasteiger partial charge in [0.25, 0.3) is 0 Å². The Labute approximate surface area is 148 Å². The number of aromatic nitrogens is 4. The van der Waals surface area contributed by atoms with Crippen LogP contribution < -0.4 is 5.32 Å². The van der Waals surface area contributed by atoms with Crippen LogP contribution in [0.2, 0.25) is 5.02 Å². The summed E-state index contributed by atoms with van der Waals surface area (Å²) in [7, 11) is 0. The van der Waals surface area contributed by atoms with E-state index in [0.29, 0.717) is 22.9 Å². The molecule has 8 heteroatoms. The smallest absolute Gasteiger partial charge is 0.225 e. The number of nitrogens with one attached hydrogen (secondary N) is 1. The number of amides is 1. The van der Waals surface area contributed by atoms with Gasteiger partial charge in [-0.25, -0.2) is 4.68 Å². The molecule has 3 aromatic rings. The van der Waals surface area contributed by atoms with E-state index < -0.39 is 0 Å². The van der Waals surface area contributed by atoms with E-state index in [0.717, 1.165) is 10.6 Å². The van der Waals surface area contributed by atoms with Gasteiger partial charge in [-0.2, -0.15) is 0 Å². The van der Waals surface area contributed by atoms with Gasteiger partial charge in [0, 0.05) is 27.8 Å². The van der Waals surface area contributed by atoms with Crippen LogP contribution in [0.5, 0.6) is 0 Å². The SMILES string of the molecule is O=C(CCSc1ccc(Cl)cc1)Nc1cccc(-n2cnnn2)c1. The highest BCUT2D eigenvalue weighted by molar-refractivity contribution is 7.99. The third kappa shape index (κ3) is 4.56. The van der Waals surface area contributed by atoms with Gasteiger partial charge in [0.1, 0.15) is 6.33 Å². The van der Waals surface area contributed by atoms with Crippen molar-refractivity contribution in [2.45, 2.75) is 11.3 Å². The van der Waals surface area contributed by atoms with Crippen molar-refractivity contribution >= 4 is 35.0 Å². The number of tetrazole rings is 1. The molecule has 3 rings (SSSR count). The van der Waals surface area contributed by atoms with Crippen molar-refractivity contribution < 1.29 is 4.79 Å². The lowest BCUT2D eigenvalue weighted by atomic mass is 10.2. The predicted octanol–water partition coefficient (Wildman–Crippen LogP) is 3.44. The number of anilines is 1. The minimum Gasteiger partial charge on any atom is -0.326 e. The molecule has 122 valence electrons. The van der Waals surface area contributed by atoms with Crippen molar-refractivity contribution in [3.63, 3.8) is 0 Å². The summed E-state index contributed by atoms with van der Waals surface area (Å²) in [6.07, 6.45) is 1.92. The van der Waals surface area contributed by atoms with Crippen LogP contribution >= 0.6 is 23.4 Å². The Bertz CT molecular complexity index is 808. The van der Waals surface area contributed by atoms with E-state index in [2.05, 4.69) is 20.8 Å². The molecule has 0 fully saturated rings. The fourth-order valence-electron chi connectivity index (χ4n) is 2.02. The van der Waals surface area contributed by atoms with Crippen LogP contribution in [0.25, 0.3) is 5.69 Å². The molecule has 0 saturated heterocycles. The van der Waals surface area contributed by atoms with Gasteiger partial charge in [-0.15, -0.1) is 16.9 Å². The number of nitrogens with zero attached hydrogens (tertiary/aromatic N) is 4. The molecule has 24 heavy (non-hydrogen) atoms. The van der Waals surface area contributed by atoms with E-state index in [1.165, 1.54) is 11.0 Å². The third-order valence-corrected chi connectivity index (χ3v) is 4.42. The van der Waals surface area contributed by atoms with Gasteiger partial charge in [0.2, 0.25) is 5.91 Å². The Kier molecular flexibility index (Phi) is 5.45. The largest absolute Gasteiger partial charge is 0.326 e. The van der Waals surface area contributed by atoms with Crippen LogP contribution in [0.1, 0.15) is 6.42 Å². The third-order valence-electron chi connectivity index (χ3n) is 3.15. The van der Waals surface area contributed by atoms with Crippen LogP contribution in [0.4, 0.5) is 5.69 Å². The fraction of sp³-hybridized carbons (Fsp3) is 0.125. The summed E-state index contributed by atoms with van der Waals surface area (Å²) in [5.41, 5.74) is 1.50. The van der Waals surface area contributed by atoms with Crippen molar-refractivity contribution in [3.8, 4) is 5.69 Å². The molecule has 0 unspecified atom stereocenters. The zero-order chi connectivity index (χ0) is 16.8. The summed E-state index contributed by atoms with van der Waals surface area (Å²) < 4.78 is 1.53. The molecular formula is C16H14ClN5OS. The first-order chi connectivity index (χ1) is 11.7. The standard InChI is InChI=1S/C16H14ClN5OS/c17-12-4-6-15(7-5-12)24-9-8-16(23)19-13-2-1-3-14(10-13)22-11-18-20-21-22/h1-7,10-11H,8-9H2,(H,19,23). The molecule has 0 saturated carbocycles. The molecule has 0 aliphatic heterocycles. The Morgan fingerprint density at radius 3 is 2.79 bits per heavy atom. The second-order valence-corrected chi connectivity index (χ2v) is 6.51. The van der Waals surface area contributed by atoms with E-state index in [9.17, 15) is 4.79 Å². The number of thioether (sulfide) groups is 1. The predicted molar refractivity (Wildman–Crippen MR) is 94.6 cm³/mol. The second-order valence-electron chi connectivity index (χ2n) is 4.91. The van der Waals surface area contributed by atoms with Crippen LogP contribution in [0.3, 0.4) is 0 Å². The minimum absolute atomic E-state index is 0.0367. The summed E-state index contributed by atoms with van der Waals surface area (Å²) in [5, 5.41) is 14.6. The van der Waals surface area contributed by atoms with E-state index >= 15 is 0 Å². The topological polar surface area (TPSA) is 72.7 Å². The molecule has 6 nitrogen and oxygen atoms in total. The van der Waals surface area contributed by atoms with Crippen molar-refractivity contribution in [2.24, 2.45) is 0 Å². The highest BCUT2D eigenvalue weighted by atomic mass is 35.5. The van der Waals surface area contributed by atoms with Gasteiger partial charge in [-0.05, 0) is 52.9 Å². The van der Waals surface area contributed by atoms with Gasteiger partial charge >= 0.3 is 0 Å². The average Bonchev–Trinajstić information content (AvgIpc) is 3.11. The average molecular weight is 360 g/mol. The number of hydrogen-bond donors (Lipinski definition) is 1. The zero-order valence-corrected chi connectivity index (χ0v) is 14.2. The van der Waals surface area contributed by atoms with Crippen LogP contribution in [-0.4, -0.2) is 31.9 Å². The Hall–Kier alpha value is -2.38. The lowest BCUT2D eigenvalue weighted by molar-refractivity contribution is -0.115. The molecule has 1 heterocycles. The van der Waals surface area contributed by atoms with Gasteiger partial charge in [-0.3, -0.25) is 4.79 Å². The van der Waals surface area contributed by atoms with Crippen LogP contribution in [0.15, 0.2) is 59.8 Å². The molecule has 0 aliphatic carbocycles. The Morgan fingerprint density at radius 1 is 1.21 bits per heavy atom. The lowest BCUT2D eigenvalue weighted by Gasteiger charge is -2.07. The Morgan fingerprint density at radius 2 is 2.04 bits per heavy atom. The molecule has 0 spiro atoms. The number of carbonyl (C=O) groups excluding carboxylic acids is 1. The first-order valence-corrected chi connectivity index (χ1v) is 8.59. The highest BCUT2D eigenvalue weighted by Crippen LogP contribution is 2.21. The number of benzene rings is 2. The van der Waals surface area contributed by atoms with Crippen molar-refractivity contribution in [1.82, 2.24) is 20.2 Å². The summed E-state index contributed by atoms with van der Waals surface area (Å²) in [6.45, 7) is 0. The number of halogens is 1. The van der Waals surface area contributed by atoms with Crippen molar-refractivity contribution in [1.29, 1.82) is 0 Å². The van der Waals surface area contributed by atoms with E-state index in [4.69, 9.17) is 11.6 Å². The fourth-order valence-corrected chi connectivity index (χ4v) is 3.00. The maximum Gasteiger partial charge on any atom is 0.225 e. The molecule has 0 radical (unpaired) electrons. The molecule has 2 aromatic carbocycles. The van der Waals surface area contributed by atoms with Crippen molar-refractivity contribution in [3.05, 3.63) is 59.9 Å².